The van der Waals surface area contributed by atoms with Crippen molar-refractivity contribution in [3.63, 3.8) is 0 Å². The van der Waals surface area contributed by atoms with Crippen LogP contribution < -0.4 is 10.6 Å². The lowest BCUT2D eigenvalue weighted by atomic mass is 9.95. The highest BCUT2D eigenvalue weighted by Gasteiger charge is 2.81. The van der Waals surface area contributed by atoms with Crippen LogP contribution in [0.5, 0.6) is 0 Å². The largest absolute Gasteiger partial charge is 0.396 e. The lowest BCUT2D eigenvalue weighted by molar-refractivity contribution is -0.190. The summed E-state index contributed by atoms with van der Waals surface area (Å²) in [7, 11) is 0. The van der Waals surface area contributed by atoms with E-state index in [-0.39, 0.29) is 31.7 Å². The molecule has 0 radical (unpaired) electrons. The number of aryl methyl sites for hydroxylation is 1. The van der Waals surface area contributed by atoms with Gasteiger partial charge in [0.15, 0.2) is 0 Å². The van der Waals surface area contributed by atoms with Gasteiger partial charge in [-0.15, -0.1) is 0 Å². The Kier molecular flexibility index (Phi) is 3.47. The van der Waals surface area contributed by atoms with Crippen LogP contribution in [0.3, 0.4) is 0 Å². The van der Waals surface area contributed by atoms with E-state index in [9.17, 15) is 18.0 Å². The Hall–Kier alpha value is -1.57. The molecule has 2 aliphatic rings. The number of halogens is 3. The van der Waals surface area contributed by atoms with Crippen molar-refractivity contribution in [1.82, 2.24) is 20.8 Å². The molecule has 2 fully saturated rings. The molecule has 22 heavy (non-hydrogen) atoms. The number of carbonyl (C=O) groups is 1. The van der Waals surface area contributed by atoms with Gasteiger partial charge in [-0.1, -0.05) is 13.3 Å². The van der Waals surface area contributed by atoms with Crippen molar-refractivity contribution in [3.8, 4) is 0 Å². The number of carbonyl (C=O) groups excluding carboxylic acids is 1. The summed E-state index contributed by atoms with van der Waals surface area (Å²) in [5.74, 6) is -0.428. The van der Waals surface area contributed by atoms with Crippen molar-refractivity contribution in [2.75, 3.05) is 19.6 Å². The second kappa shape index (κ2) is 4.97. The van der Waals surface area contributed by atoms with E-state index in [1.165, 1.54) is 0 Å². The normalized spacial score (nSPS) is 30.2. The Balaban J connectivity index is 1.62. The fourth-order valence-electron chi connectivity index (χ4n) is 3.54. The second-order valence-corrected chi connectivity index (χ2v) is 6.35. The molecule has 5 nitrogen and oxygen atoms in total. The molecule has 122 valence electrons. The van der Waals surface area contributed by atoms with Crippen LogP contribution >= 0.6 is 0 Å². The molecule has 1 aliphatic carbocycles. The maximum atomic E-state index is 13.2. The van der Waals surface area contributed by atoms with Crippen molar-refractivity contribution in [2.45, 2.75) is 32.4 Å². The molecule has 0 spiro atoms. The summed E-state index contributed by atoms with van der Waals surface area (Å²) in [6.45, 7) is 2.26. The first-order chi connectivity index (χ1) is 10.3. The Morgan fingerprint density at radius 1 is 1.45 bits per heavy atom. The topological polar surface area (TPSA) is 69.8 Å². The van der Waals surface area contributed by atoms with Crippen molar-refractivity contribution in [1.29, 1.82) is 0 Å². The average molecular weight is 316 g/mol. The lowest BCUT2D eigenvalue weighted by Crippen LogP contribution is -2.37. The third-order valence-corrected chi connectivity index (χ3v) is 4.93. The van der Waals surface area contributed by atoms with E-state index in [0.717, 1.165) is 18.5 Å². The summed E-state index contributed by atoms with van der Waals surface area (Å²) in [6.07, 6.45) is -2.45. The van der Waals surface area contributed by atoms with Crippen molar-refractivity contribution < 1.29 is 18.0 Å². The zero-order valence-corrected chi connectivity index (χ0v) is 12.3. The van der Waals surface area contributed by atoms with E-state index in [1.54, 1.807) is 6.07 Å². The van der Waals surface area contributed by atoms with E-state index in [1.807, 2.05) is 6.92 Å². The van der Waals surface area contributed by atoms with Crippen LogP contribution in [0.1, 0.15) is 35.9 Å². The minimum Gasteiger partial charge on any atom is -0.350 e. The SMILES string of the molecule is CCCc1cc(C(=O)NC[C@@]23CNC[C@]2(C(F)(F)F)C3)n[nH]1. The molecule has 1 saturated carbocycles. The molecule has 2 atom stereocenters. The molecule has 1 amide bonds. The van der Waals surface area contributed by atoms with Gasteiger partial charge in [-0.25, -0.2) is 0 Å². The zero-order valence-electron chi connectivity index (χ0n) is 12.3. The van der Waals surface area contributed by atoms with Gasteiger partial charge in [-0.3, -0.25) is 9.89 Å². The van der Waals surface area contributed by atoms with Gasteiger partial charge in [-0.05, 0) is 18.9 Å². The van der Waals surface area contributed by atoms with Crippen LogP contribution in [0.15, 0.2) is 6.07 Å². The van der Waals surface area contributed by atoms with Crippen LogP contribution in [0.2, 0.25) is 0 Å². The average Bonchev–Trinajstić information content (AvgIpc) is 2.77. The first-order valence-electron chi connectivity index (χ1n) is 7.43. The third kappa shape index (κ3) is 2.20. The Morgan fingerprint density at radius 3 is 2.86 bits per heavy atom. The maximum absolute atomic E-state index is 13.2. The first kappa shape index (κ1) is 15.3. The third-order valence-electron chi connectivity index (χ3n) is 4.93. The fraction of sp³-hybridized carbons (Fsp3) is 0.714. The number of nitrogens with one attached hydrogen (secondary N) is 3. The number of fused-ring (bicyclic) bond motifs is 1. The number of nitrogens with zero attached hydrogens (tertiary/aromatic N) is 1. The number of hydrogen-bond acceptors (Lipinski definition) is 3. The molecule has 1 aromatic heterocycles. The molecular weight excluding hydrogens is 297 g/mol. The van der Waals surface area contributed by atoms with Crippen molar-refractivity contribution >= 4 is 5.91 Å². The summed E-state index contributed by atoms with van der Waals surface area (Å²) in [5, 5.41) is 12.1. The Morgan fingerprint density at radius 2 is 2.23 bits per heavy atom. The molecule has 1 aliphatic heterocycles. The van der Waals surface area contributed by atoms with Crippen LogP contribution in [-0.4, -0.2) is 41.9 Å². The van der Waals surface area contributed by atoms with Crippen molar-refractivity contribution in [2.24, 2.45) is 10.8 Å². The van der Waals surface area contributed by atoms with E-state index in [0.29, 0.717) is 0 Å². The number of aromatic amines is 1. The quantitative estimate of drug-likeness (QED) is 0.773. The number of amides is 1. The van der Waals surface area contributed by atoms with Crippen LogP contribution in [0.4, 0.5) is 13.2 Å². The van der Waals surface area contributed by atoms with E-state index in [2.05, 4.69) is 20.8 Å². The second-order valence-electron chi connectivity index (χ2n) is 6.35. The molecule has 0 bridgehead atoms. The van der Waals surface area contributed by atoms with Crippen molar-refractivity contribution in [3.05, 3.63) is 17.5 Å². The molecule has 8 heteroatoms. The molecule has 1 saturated heterocycles. The summed E-state index contributed by atoms with van der Waals surface area (Å²) in [5.41, 5.74) is -1.50. The first-order valence-corrected chi connectivity index (χ1v) is 7.43. The van der Waals surface area contributed by atoms with Crippen LogP contribution in [0, 0.1) is 10.8 Å². The summed E-state index contributed by atoms with van der Waals surface area (Å²) < 4.78 is 39.6. The van der Waals surface area contributed by atoms with Gasteiger partial charge >= 0.3 is 6.18 Å². The standard InChI is InChI=1S/C14H19F3N4O/c1-2-3-9-4-10(21-20-9)11(22)19-7-12-5-13(12,8-18-6-12)14(15,16)17/h4,18H,2-3,5-8H2,1H3,(H,19,22)(H,20,21)/t12-,13-/m1/s1. The number of H-pyrrole nitrogens is 1. The minimum atomic E-state index is -4.23. The fourth-order valence-corrected chi connectivity index (χ4v) is 3.54. The summed E-state index contributed by atoms with van der Waals surface area (Å²) >= 11 is 0. The molecule has 0 unspecified atom stereocenters. The summed E-state index contributed by atoms with van der Waals surface area (Å²) in [6, 6.07) is 1.65. The highest BCUT2D eigenvalue weighted by Crippen LogP contribution is 2.72. The number of rotatable bonds is 5. The predicted molar refractivity (Wildman–Crippen MR) is 73.3 cm³/mol. The smallest absolute Gasteiger partial charge is 0.350 e. The molecule has 3 N–H and O–H groups in total. The highest BCUT2D eigenvalue weighted by molar-refractivity contribution is 5.92. The van der Waals surface area contributed by atoms with Gasteiger partial charge in [0.05, 0.1) is 5.41 Å². The molecule has 0 aromatic carbocycles. The predicted octanol–water partition coefficient (Wildman–Crippen LogP) is 1.63. The monoisotopic (exact) mass is 316 g/mol. The Labute approximate surface area is 126 Å². The van der Waals surface area contributed by atoms with Gasteiger partial charge in [-0.2, -0.15) is 18.3 Å². The number of alkyl halides is 3. The van der Waals surface area contributed by atoms with Gasteiger partial charge in [0.2, 0.25) is 0 Å². The van der Waals surface area contributed by atoms with Gasteiger partial charge in [0, 0.05) is 30.7 Å². The van der Waals surface area contributed by atoms with E-state index in [4.69, 9.17) is 0 Å². The number of aromatic nitrogens is 2. The van der Waals surface area contributed by atoms with Gasteiger partial charge in [0.1, 0.15) is 5.69 Å². The van der Waals surface area contributed by atoms with Crippen LogP contribution in [-0.2, 0) is 6.42 Å². The number of piperidine rings is 1. The zero-order chi connectivity index (χ0) is 16.0. The maximum Gasteiger partial charge on any atom is 0.396 e. The Bertz CT molecular complexity index is 585. The van der Waals surface area contributed by atoms with E-state index < -0.39 is 22.9 Å². The van der Waals surface area contributed by atoms with Crippen LogP contribution in [0.25, 0.3) is 0 Å². The van der Waals surface area contributed by atoms with Gasteiger partial charge in [0.25, 0.3) is 5.91 Å². The van der Waals surface area contributed by atoms with E-state index >= 15 is 0 Å². The highest BCUT2D eigenvalue weighted by atomic mass is 19.4. The molecule has 3 rings (SSSR count). The van der Waals surface area contributed by atoms with Gasteiger partial charge < -0.3 is 10.6 Å². The molecular formula is C14H19F3N4O. The number of hydrogen-bond donors (Lipinski definition) is 3. The summed E-state index contributed by atoms with van der Waals surface area (Å²) in [4.78, 5) is 12.0. The minimum absolute atomic E-state index is 0.0221. The molecule has 2 heterocycles. The lowest BCUT2D eigenvalue weighted by Gasteiger charge is -2.20. The molecule has 1 aromatic rings.